The molecular formula is C32H46N4O6. The Morgan fingerprint density at radius 1 is 1.00 bits per heavy atom. The lowest BCUT2D eigenvalue weighted by Gasteiger charge is -2.38. The minimum Gasteiger partial charge on any atom is -0.508 e. The standard InChI is InChI=1S/C32H46N4O6/c1-20(2)13-14-22(4)36(30(40)25(18-27(33)38)35-31(41)42-32(5,6)7)28(24-15-16-26(37)21(3)17-24)29(39)34-19-23-11-9-8-10-12-23/h8-12,15-17,20,22,25,28,37H,13-14,18-19H2,1-7H3,(H2,33,38)(H,34,39)(H,35,41). The molecule has 10 nitrogen and oxygen atoms in total. The summed E-state index contributed by atoms with van der Waals surface area (Å²) >= 11 is 0. The molecule has 4 amide bonds. The van der Waals surface area contributed by atoms with E-state index in [0.717, 1.165) is 12.0 Å². The average molecular weight is 583 g/mol. The molecule has 0 saturated heterocycles. The summed E-state index contributed by atoms with van der Waals surface area (Å²) in [5.41, 5.74) is 6.51. The fourth-order valence-electron chi connectivity index (χ4n) is 4.51. The monoisotopic (exact) mass is 582 g/mol. The topological polar surface area (TPSA) is 151 Å². The third-order valence-electron chi connectivity index (χ3n) is 6.66. The van der Waals surface area contributed by atoms with Gasteiger partial charge in [-0.25, -0.2) is 4.79 Å². The normalized spacial score (nSPS) is 13.5. The number of hydrogen-bond donors (Lipinski definition) is 4. The third-order valence-corrected chi connectivity index (χ3v) is 6.66. The van der Waals surface area contributed by atoms with Crippen LogP contribution in [0.25, 0.3) is 0 Å². The van der Waals surface area contributed by atoms with Gasteiger partial charge in [0.1, 0.15) is 23.4 Å². The second-order valence-corrected chi connectivity index (χ2v) is 12.1. The van der Waals surface area contributed by atoms with Crippen molar-refractivity contribution in [1.82, 2.24) is 15.5 Å². The van der Waals surface area contributed by atoms with Gasteiger partial charge >= 0.3 is 6.09 Å². The lowest BCUT2D eigenvalue weighted by Crippen LogP contribution is -2.56. The molecule has 0 spiro atoms. The summed E-state index contributed by atoms with van der Waals surface area (Å²) in [6.45, 7) is 12.9. The van der Waals surface area contributed by atoms with Crippen molar-refractivity contribution in [2.45, 2.75) is 98.0 Å². The first-order valence-corrected chi connectivity index (χ1v) is 14.3. The van der Waals surface area contributed by atoms with Gasteiger partial charge in [0.25, 0.3) is 0 Å². The Bertz CT molecular complexity index is 1230. The van der Waals surface area contributed by atoms with E-state index in [1.165, 1.54) is 11.0 Å². The van der Waals surface area contributed by atoms with Crippen molar-refractivity contribution >= 4 is 23.8 Å². The molecule has 2 aromatic rings. The zero-order valence-electron chi connectivity index (χ0n) is 25.8. The summed E-state index contributed by atoms with van der Waals surface area (Å²) in [4.78, 5) is 54.5. The SMILES string of the molecule is Cc1cc(C(C(=O)NCc2ccccc2)N(C(=O)C(CC(N)=O)NC(=O)OC(C)(C)C)C(C)CCC(C)C)ccc1O. The Labute approximate surface area is 249 Å². The number of nitrogens with two attached hydrogens (primary N) is 1. The number of carbonyl (C=O) groups excluding carboxylic acids is 4. The number of nitrogens with zero attached hydrogens (tertiary/aromatic N) is 1. The first-order chi connectivity index (χ1) is 19.6. The molecule has 0 saturated carbocycles. The molecule has 0 fully saturated rings. The van der Waals surface area contributed by atoms with E-state index in [2.05, 4.69) is 24.5 Å². The van der Waals surface area contributed by atoms with Crippen LogP contribution in [0.15, 0.2) is 48.5 Å². The lowest BCUT2D eigenvalue weighted by atomic mass is 9.95. The number of phenolic OH excluding ortho intramolecular Hbond substituents is 1. The first kappa shape index (κ1) is 34.1. The van der Waals surface area contributed by atoms with Crippen molar-refractivity contribution in [3.05, 3.63) is 65.2 Å². The summed E-state index contributed by atoms with van der Waals surface area (Å²) in [6, 6.07) is 11.1. The van der Waals surface area contributed by atoms with Gasteiger partial charge in [-0.2, -0.15) is 0 Å². The van der Waals surface area contributed by atoms with Gasteiger partial charge in [0, 0.05) is 12.6 Å². The molecule has 230 valence electrons. The predicted molar refractivity (Wildman–Crippen MR) is 161 cm³/mol. The number of benzene rings is 2. The molecule has 0 bridgehead atoms. The van der Waals surface area contributed by atoms with Gasteiger partial charge in [0.15, 0.2) is 0 Å². The number of alkyl carbamates (subject to hydrolysis) is 1. The summed E-state index contributed by atoms with van der Waals surface area (Å²) in [5.74, 6) is -1.53. The number of primary amides is 1. The van der Waals surface area contributed by atoms with Crippen LogP contribution in [0.5, 0.6) is 5.75 Å². The molecule has 3 unspecified atom stereocenters. The van der Waals surface area contributed by atoms with Crippen LogP contribution in [0.1, 0.15) is 83.5 Å². The number of aromatic hydroxyl groups is 1. The first-order valence-electron chi connectivity index (χ1n) is 14.3. The van der Waals surface area contributed by atoms with Crippen molar-refractivity contribution < 1.29 is 29.0 Å². The minimum atomic E-state index is -1.37. The van der Waals surface area contributed by atoms with Crippen molar-refractivity contribution in [3.63, 3.8) is 0 Å². The Balaban J connectivity index is 2.61. The maximum absolute atomic E-state index is 14.3. The zero-order valence-corrected chi connectivity index (χ0v) is 25.8. The molecule has 0 radical (unpaired) electrons. The second-order valence-electron chi connectivity index (χ2n) is 12.1. The van der Waals surface area contributed by atoms with E-state index >= 15 is 0 Å². The van der Waals surface area contributed by atoms with Gasteiger partial charge in [0.2, 0.25) is 17.7 Å². The summed E-state index contributed by atoms with van der Waals surface area (Å²) in [6.07, 6.45) is -0.0583. The number of aryl methyl sites for hydroxylation is 1. The maximum atomic E-state index is 14.3. The molecule has 0 aromatic heterocycles. The average Bonchev–Trinajstić information content (AvgIpc) is 2.89. The van der Waals surface area contributed by atoms with Gasteiger partial charge < -0.3 is 31.1 Å². The Kier molecular flexibility index (Phi) is 12.4. The molecule has 3 atom stereocenters. The maximum Gasteiger partial charge on any atom is 0.408 e. The van der Waals surface area contributed by atoms with E-state index in [9.17, 15) is 24.3 Å². The highest BCUT2D eigenvalue weighted by Crippen LogP contribution is 2.30. The number of rotatable bonds is 13. The van der Waals surface area contributed by atoms with Crippen LogP contribution in [0, 0.1) is 12.8 Å². The molecule has 2 aromatic carbocycles. The molecule has 0 aliphatic heterocycles. The van der Waals surface area contributed by atoms with Crippen LogP contribution in [-0.2, 0) is 25.7 Å². The van der Waals surface area contributed by atoms with Crippen LogP contribution in [0.3, 0.4) is 0 Å². The van der Waals surface area contributed by atoms with Crippen LogP contribution < -0.4 is 16.4 Å². The zero-order chi connectivity index (χ0) is 31.6. The molecule has 2 rings (SSSR count). The van der Waals surface area contributed by atoms with Crippen LogP contribution in [-0.4, -0.2) is 51.5 Å². The number of phenols is 1. The Hall–Kier alpha value is -4.08. The molecule has 0 aliphatic rings. The van der Waals surface area contributed by atoms with E-state index in [-0.39, 0.29) is 12.3 Å². The van der Waals surface area contributed by atoms with E-state index in [1.54, 1.807) is 39.8 Å². The van der Waals surface area contributed by atoms with Gasteiger partial charge in [-0.15, -0.1) is 0 Å². The highest BCUT2D eigenvalue weighted by atomic mass is 16.6. The Morgan fingerprint density at radius 3 is 2.19 bits per heavy atom. The van der Waals surface area contributed by atoms with E-state index in [0.29, 0.717) is 23.5 Å². The Morgan fingerprint density at radius 2 is 1.64 bits per heavy atom. The molecule has 5 N–H and O–H groups in total. The van der Waals surface area contributed by atoms with Crippen molar-refractivity contribution in [1.29, 1.82) is 0 Å². The molecular weight excluding hydrogens is 536 g/mol. The molecule has 42 heavy (non-hydrogen) atoms. The van der Waals surface area contributed by atoms with Crippen LogP contribution in [0.4, 0.5) is 4.79 Å². The predicted octanol–water partition coefficient (Wildman–Crippen LogP) is 4.48. The van der Waals surface area contributed by atoms with E-state index < -0.39 is 54.0 Å². The largest absolute Gasteiger partial charge is 0.508 e. The fourth-order valence-corrected chi connectivity index (χ4v) is 4.51. The lowest BCUT2D eigenvalue weighted by molar-refractivity contribution is -0.146. The highest BCUT2D eigenvalue weighted by Gasteiger charge is 2.39. The summed E-state index contributed by atoms with van der Waals surface area (Å²) in [5, 5.41) is 15.6. The highest BCUT2D eigenvalue weighted by molar-refractivity contribution is 5.94. The molecule has 0 aliphatic carbocycles. The van der Waals surface area contributed by atoms with Crippen molar-refractivity contribution in [2.75, 3.05) is 0 Å². The molecule has 10 heteroatoms. The van der Waals surface area contributed by atoms with Crippen molar-refractivity contribution in [3.8, 4) is 5.75 Å². The van der Waals surface area contributed by atoms with Gasteiger partial charge in [-0.3, -0.25) is 14.4 Å². The smallest absolute Gasteiger partial charge is 0.408 e. The number of hydrogen-bond acceptors (Lipinski definition) is 6. The third kappa shape index (κ3) is 10.7. The number of carbonyl (C=O) groups is 4. The van der Waals surface area contributed by atoms with Gasteiger partial charge in [0.05, 0.1) is 6.42 Å². The number of ether oxygens (including phenoxy) is 1. The quantitative estimate of drug-likeness (QED) is 0.273. The number of amides is 4. The van der Waals surface area contributed by atoms with E-state index in [1.807, 2.05) is 37.3 Å². The molecule has 0 heterocycles. The summed E-state index contributed by atoms with van der Waals surface area (Å²) in [7, 11) is 0. The van der Waals surface area contributed by atoms with Gasteiger partial charge in [-0.05, 0) is 82.2 Å². The fraction of sp³-hybridized carbons (Fsp3) is 0.500. The van der Waals surface area contributed by atoms with Crippen molar-refractivity contribution in [2.24, 2.45) is 11.7 Å². The summed E-state index contributed by atoms with van der Waals surface area (Å²) < 4.78 is 5.35. The van der Waals surface area contributed by atoms with Crippen LogP contribution >= 0.6 is 0 Å². The minimum absolute atomic E-state index is 0.0473. The number of nitrogens with one attached hydrogen (secondary N) is 2. The van der Waals surface area contributed by atoms with Gasteiger partial charge in [-0.1, -0.05) is 50.2 Å². The van der Waals surface area contributed by atoms with E-state index in [4.69, 9.17) is 10.5 Å². The van der Waals surface area contributed by atoms with Crippen LogP contribution in [0.2, 0.25) is 0 Å². The second kappa shape index (κ2) is 15.2.